The molecule has 1 aromatic rings. The molecule has 1 aliphatic heterocycles. The second-order valence-corrected chi connectivity index (χ2v) is 4.43. The molecule has 2 N–H and O–H groups in total. The van der Waals surface area contributed by atoms with Gasteiger partial charge >= 0.3 is 0 Å². The third-order valence-electron chi connectivity index (χ3n) is 2.24. The van der Waals surface area contributed by atoms with E-state index in [-0.39, 0.29) is 19.0 Å². The first-order valence-corrected chi connectivity index (χ1v) is 6.94. The third-order valence-corrected chi connectivity index (χ3v) is 2.24. The summed E-state index contributed by atoms with van der Waals surface area (Å²) < 4.78 is 0. The number of anilines is 1. The van der Waals surface area contributed by atoms with Crippen LogP contribution < -0.4 is 10.6 Å². The Morgan fingerprint density at radius 3 is 2.61 bits per heavy atom. The fourth-order valence-corrected chi connectivity index (χ4v) is 1.51. The molecule has 3 radical (unpaired) electrons. The molecule has 18 heavy (non-hydrogen) atoms. The maximum absolute atomic E-state index is 10.5. The minimum Gasteiger partial charge on any atom is -0.383 e. The lowest BCUT2D eigenvalue weighted by atomic mass is 10.1. The molecule has 1 aliphatic rings. The largest absolute Gasteiger partial charge is 0.383 e. The zero-order valence-corrected chi connectivity index (χ0v) is 11.4. The number of rotatable bonds is 1. The number of non-ortho nitro benzene ring substituents is 1. The predicted molar refractivity (Wildman–Crippen MR) is 78.5 cm³/mol. The number of nitrogens with one attached hydrogen (secondary N) is 2. The Bertz CT molecular complexity index is 391. The first kappa shape index (κ1) is 16.8. The Labute approximate surface area is 113 Å². The average Bonchev–Trinajstić information content (AvgIpc) is 2.53. The summed E-state index contributed by atoms with van der Waals surface area (Å²) in [5, 5.41) is 16.9. The summed E-state index contributed by atoms with van der Waals surface area (Å²) in [6.07, 6.45) is 4.08. The zero-order valence-electron chi connectivity index (χ0n) is 10.6. The highest BCUT2D eigenvalue weighted by molar-refractivity contribution is 7.97. The van der Waals surface area contributed by atoms with E-state index in [2.05, 4.69) is 10.6 Å². The summed E-state index contributed by atoms with van der Waals surface area (Å²) in [6.45, 7) is 2.44. The molecule has 0 amide bonds. The molecule has 7 heteroatoms. The molecule has 0 aromatic heterocycles. The molecule has 0 fully saturated rings. The Morgan fingerprint density at radius 2 is 2.00 bits per heavy atom. The van der Waals surface area contributed by atoms with Crippen LogP contribution in [-0.4, -0.2) is 38.9 Å². The van der Waals surface area contributed by atoms with Gasteiger partial charge in [-0.05, 0) is 24.1 Å². The molecule has 0 unspecified atom stereocenters. The molecular weight excluding hydrogens is 249 g/mol. The molecular formula is C11H17BN3O2S. The van der Waals surface area contributed by atoms with E-state index in [4.69, 9.17) is 0 Å². The number of fused-ring (bicyclic) bond motifs is 1. The highest BCUT2D eigenvalue weighted by Crippen LogP contribution is 2.23. The molecule has 5 nitrogen and oxygen atoms in total. The molecule has 0 bridgehead atoms. The minimum atomic E-state index is -0.375. The van der Waals surface area contributed by atoms with Crippen molar-refractivity contribution in [1.29, 1.82) is 0 Å². The van der Waals surface area contributed by atoms with E-state index in [1.807, 2.05) is 12.5 Å². The Balaban J connectivity index is 0.000000660. The van der Waals surface area contributed by atoms with Crippen LogP contribution in [0.5, 0.6) is 0 Å². The molecule has 97 valence electrons. The molecule has 0 aliphatic carbocycles. The van der Waals surface area contributed by atoms with Crippen LogP contribution in [0.2, 0.25) is 0 Å². The number of nitrogens with zero attached hydrogens (tertiary/aromatic N) is 1. The van der Waals surface area contributed by atoms with Crippen molar-refractivity contribution in [2.24, 2.45) is 0 Å². The Hall–Kier alpha value is -1.21. The fourth-order valence-electron chi connectivity index (χ4n) is 1.51. The minimum absolute atomic E-state index is 0. The summed E-state index contributed by atoms with van der Waals surface area (Å²) in [5.74, 6) is 0. The molecule has 0 atom stereocenters. The summed E-state index contributed by atoms with van der Waals surface area (Å²) in [7, 11) is 0. The molecule has 1 heterocycles. The van der Waals surface area contributed by atoms with Crippen molar-refractivity contribution < 1.29 is 4.92 Å². The molecule has 0 saturated heterocycles. The van der Waals surface area contributed by atoms with Gasteiger partial charge in [0.05, 0.1) is 4.92 Å². The first-order chi connectivity index (χ1) is 8.19. The van der Waals surface area contributed by atoms with Gasteiger partial charge in [0.25, 0.3) is 5.69 Å². The van der Waals surface area contributed by atoms with Gasteiger partial charge in [-0.15, -0.1) is 0 Å². The second-order valence-electron chi connectivity index (χ2n) is 3.61. The lowest BCUT2D eigenvalue weighted by Gasteiger charge is -2.05. The molecule has 1 aromatic carbocycles. The van der Waals surface area contributed by atoms with Gasteiger partial charge in [0, 0.05) is 45.9 Å². The Morgan fingerprint density at radius 1 is 1.33 bits per heavy atom. The molecule has 0 spiro atoms. The van der Waals surface area contributed by atoms with Crippen LogP contribution in [0.4, 0.5) is 11.4 Å². The Kier molecular flexibility index (Phi) is 8.23. The van der Waals surface area contributed by atoms with E-state index >= 15 is 0 Å². The number of nitro groups is 1. The van der Waals surface area contributed by atoms with E-state index in [1.165, 1.54) is 6.07 Å². The van der Waals surface area contributed by atoms with Gasteiger partial charge in [0.1, 0.15) is 0 Å². The van der Waals surface area contributed by atoms with E-state index in [0.29, 0.717) is 0 Å². The summed E-state index contributed by atoms with van der Waals surface area (Å²) in [5.41, 5.74) is 2.08. The second kappa shape index (κ2) is 8.82. The van der Waals surface area contributed by atoms with E-state index in [9.17, 15) is 10.1 Å². The van der Waals surface area contributed by atoms with Gasteiger partial charge in [0.15, 0.2) is 0 Å². The van der Waals surface area contributed by atoms with Crippen LogP contribution >= 0.6 is 11.8 Å². The fraction of sp³-hybridized carbons (Fsp3) is 0.455. The normalized spacial score (nSPS) is 12.8. The van der Waals surface area contributed by atoms with Gasteiger partial charge < -0.3 is 10.6 Å². The number of nitro benzene ring substituents is 1. The number of benzene rings is 1. The van der Waals surface area contributed by atoms with Gasteiger partial charge in [-0.3, -0.25) is 10.1 Å². The first-order valence-electron chi connectivity index (χ1n) is 5.31. The van der Waals surface area contributed by atoms with Crippen molar-refractivity contribution in [3.05, 3.63) is 33.9 Å². The van der Waals surface area contributed by atoms with Crippen LogP contribution in [0.3, 0.4) is 0 Å². The standard InChI is InChI=1S/C9H11N3O2.C2H6S.B/c13-12(14)8-2-1-7-6-10-3-4-11-9(7)5-8;1-3-2;/h1-2,5,10-11H,3-4,6H2;1-2H3;. The highest BCUT2D eigenvalue weighted by Gasteiger charge is 2.11. The summed E-state index contributed by atoms with van der Waals surface area (Å²) in [6, 6.07) is 4.91. The van der Waals surface area contributed by atoms with Gasteiger partial charge in [-0.25, -0.2) is 0 Å². The van der Waals surface area contributed by atoms with Crippen LogP contribution in [0.15, 0.2) is 18.2 Å². The predicted octanol–water partition coefficient (Wildman–Crippen LogP) is 1.71. The van der Waals surface area contributed by atoms with Crippen molar-refractivity contribution >= 4 is 31.5 Å². The molecule has 0 saturated carbocycles. The van der Waals surface area contributed by atoms with Crippen molar-refractivity contribution in [2.75, 3.05) is 30.9 Å². The number of hydrogen-bond donors (Lipinski definition) is 2. The van der Waals surface area contributed by atoms with Gasteiger partial charge in [-0.1, -0.05) is 0 Å². The van der Waals surface area contributed by atoms with Crippen molar-refractivity contribution in [2.45, 2.75) is 6.54 Å². The summed E-state index contributed by atoms with van der Waals surface area (Å²) in [4.78, 5) is 10.2. The maximum atomic E-state index is 10.5. The van der Waals surface area contributed by atoms with Crippen LogP contribution in [0.1, 0.15) is 5.56 Å². The SMILES string of the molecule is CSC.O=[N+]([O-])c1ccc2c(c1)NCCNC2.[B]. The van der Waals surface area contributed by atoms with Gasteiger partial charge in [0.2, 0.25) is 0 Å². The van der Waals surface area contributed by atoms with Crippen LogP contribution in [0.25, 0.3) is 0 Å². The third kappa shape index (κ3) is 4.97. The number of hydrogen-bond acceptors (Lipinski definition) is 5. The van der Waals surface area contributed by atoms with Crippen molar-refractivity contribution in [3.63, 3.8) is 0 Å². The number of thioether (sulfide) groups is 1. The van der Waals surface area contributed by atoms with Crippen LogP contribution in [0, 0.1) is 10.1 Å². The smallest absolute Gasteiger partial charge is 0.271 e. The van der Waals surface area contributed by atoms with Gasteiger partial charge in [-0.2, -0.15) is 11.8 Å². The molecule has 2 rings (SSSR count). The van der Waals surface area contributed by atoms with Crippen molar-refractivity contribution in [3.8, 4) is 0 Å². The highest BCUT2D eigenvalue weighted by atomic mass is 32.2. The lowest BCUT2D eigenvalue weighted by molar-refractivity contribution is -0.384. The monoisotopic (exact) mass is 266 g/mol. The van der Waals surface area contributed by atoms with E-state index < -0.39 is 0 Å². The average molecular weight is 266 g/mol. The lowest BCUT2D eigenvalue weighted by Crippen LogP contribution is -2.16. The van der Waals surface area contributed by atoms with Crippen LogP contribution in [-0.2, 0) is 6.54 Å². The quantitative estimate of drug-likeness (QED) is 0.460. The maximum Gasteiger partial charge on any atom is 0.271 e. The zero-order chi connectivity index (χ0) is 12.7. The topological polar surface area (TPSA) is 67.2 Å². The summed E-state index contributed by atoms with van der Waals surface area (Å²) >= 11 is 1.75. The van der Waals surface area contributed by atoms with Crippen molar-refractivity contribution in [1.82, 2.24) is 5.32 Å². The van der Waals surface area contributed by atoms with E-state index in [0.717, 1.165) is 30.9 Å². The van der Waals surface area contributed by atoms with E-state index in [1.54, 1.807) is 23.9 Å².